The highest BCUT2D eigenvalue weighted by molar-refractivity contribution is 5.76. The molecule has 1 aromatic rings. The van der Waals surface area contributed by atoms with Crippen molar-refractivity contribution < 1.29 is 18.0 Å². The average Bonchev–Trinajstić information content (AvgIpc) is 2.03. The van der Waals surface area contributed by atoms with E-state index in [1.54, 1.807) is 0 Å². The summed E-state index contributed by atoms with van der Waals surface area (Å²) in [6.45, 7) is 1.32. The van der Waals surface area contributed by atoms with Crippen LogP contribution in [0.2, 0.25) is 0 Å². The smallest absolute Gasteiger partial charge is 0.298 e. The van der Waals surface area contributed by atoms with Gasteiger partial charge in [-0.25, -0.2) is 9.97 Å². The number of alkyl halides is 3. The van der Waals surface area contributed by atoms with Crippen LogP contribution in [0.3, 0.4) is 0 Å². The van der Waals surface area contributed by atoms with Gasteiger partial charge >= 0.3 is 6.18 Å². The maximum atomic E-state index is 12.2. The first-order chi connectivity index (χ1) is 5.95. The Kier molecular flexibility index (Phi) is 2.31. The van der Waals surface area contributed by atoms with Crippen LogP contribution in [0, 0.1) is 6.92 Å². The molecule has 70 valence electrons. The minimum atomic E-state index is -4.61. The van der Waals surface area contributed by atoms with E-state index in [9.17, 15) is 18.0 Å². The van der Waals surface area contributed by atoms with Crippen molar-refractivity contribution in [2.75, 3.05) is 0 Å². The Hall–Kier alpha value is -1.46. The lowest BCUT2D eigenvalue weighted by atomic mass is 10.2. The van der Waals surface area contributed by atoms with Gasteiger partial charge in [0.25, 0.3) is 0 Å². The Morgan fingerprint density at radius 3 is 2.54 bits per heavy atom. The van der Waals surface area contributed by atoms with Crippen LogP contribution in [-0.2, 0) is 6.18 Å². The topological polar surface area (TPSA) is 42.9 Å². The molecule has 0 aliphatic heterocycles. The molecule has 0 aliphatic carbocycles. The Morgan fingerprint density at radius 2 is 2.08 bits per heavy atom. The Labute approximate surface area is 71.6 Å². The van der Waals surface area contributed by atoms with Crippen molar-refractivity contribution in [3.8, 4) is 0 Å². The molecule has 1 heterocycles. The quantitative estimate of drug-likeness (QED) is 0.632. The van der Waals surface area contributed by atoms with Crippen LogP contribution < -0.4 is 0 Å². The first kappa shape index (κ1) is 9.63. The molecule has 0 unspecified atom stereocenters. The molecule has 0 amide bonds. The predicted molar refractivity (Wildman–Crippen MR) is 37.2 cm³/mol. The molecule has 0 aliphatic rings. The molecule has 0 radical (unpaired) electrons. The number of aldehydes is 1. The third-order valence-corrected chi connectivity index (χ3v) is 1.33. The van der Waals surface area contributed by atoms with Gasteiger partial charge in [0.1, 0.15) is 5.82 Å². The van der Waals surface area contributed by atoms with Crippen LogP contribution >= 0.6 is 0 Å². The third kappa shape index (κ3) is 2.01. The number of hydrogen-bond donors (Lipinski definition) is 0. The van der Waals surface area contributed by atoms with Gasteiger partial charge in [0.15, 0.2) is 12.0 Å². The summed E-state index contributed by atoms with van der Waals surface area (Å²) in [4.78, 5) is 16.8. The van der Waals surface area contributed by atoms with Crippen LogP contribution in [-0.4, -0.2) is 16.3 Å². The Bertz CT molecular complexity index is 335. The van der Waals surface area contributed by atoms with Gasteiger partial charge in [-0.3, -0.25) is 4.79 Å². The van der Waals surface area contributed by atoms with Crippen LogP contribution in [0.1, 0.15) is 21.9 Å². The summed E-state index contributed by atoms with van der Waals surface area (Å²) >= 11 is 0. The number of rotatable bonds is 1. The van der Waals surface area contributed by atoms with Gasteiger partial charge in [0.2, 0.25) is 0 Å². The molecule has 0 saturated heterocycles. The number of aromatic nitrogens is 2. The van der Waals surface area contributed by atoms with Crippen molar-refractivity contribution in [3.63, 3.8) is 0 Å². The Balaban J connectivity index is 3.32. The molecule has 0 bridgehead atoms. The molecule has 0 N–H and O–H groups in total. The van der Waals surface area contributed by atoms with Crippen molar-refractivity contribution in [3.05, 3.63) is 23.3 Å². The molecular weight excluding hydrogens is 185 g/mol. The van der Waals surface area contributed by atoms with Crippen molar-refractivity contribution in [2.45, 2.75) is 13.1 Å². The van der Waals surface area contributed by atoms with E-state index in [1.165, 1.54) is 6.92 Å². The van der Waals surface area contributed by atoms with E-state index < -0.39 is 17.4 Å². The van der Waals surface area contributed by atoms with Gasteiger partial charge < -0.3 is 0 Å². The molecule has 13 heavy (non-hydrogen) atoms. The van der Waals surface area contributed by atoms with E-state index >= 15 is 0 Å². The summed E-state index contributed by atoms with van der Waals surface area (Å²) in [6, 6.07) is 0. The SMILES string of the molecule is Cc1ncc(C=O)c(C(F)(F)F)n1. The zero-order chi connectivity index (χ0) is 10.1. The first-order valence-electron chi connectivity index (χ1n) is 3.31. The highest BCUT2D eigenvalue weighted by atomic mass is 19.4. The van der Waals surface area contributed by atoms with E-state index in [0.717, 1.165) is 6.20 Å². The van der Waals surface area contributed by atoms with E-state index in [0.29, 0.717) is 0 Å². The molecule has 0 aromatic carbocycles. The summed E-state index contributed by atoms with van der Waals surface area (Å²) in [5.74, 6) is -0.0158. The number of carbonyl (C=O) groups is 1. The van der Waals surface area contributed by atoms with Crippen LogP contribution in [0.25, 0.3) is 0 Å². The van der Waals surface area contributed by atoms with Crippen LogP contribution in [0.4, 0.5) is 13.2 Å². The lowest BCUT2D eigenvalue weighted by molar-refractivity contribution is -0.141. The van der Waals surface area contributed by atoms with Crippen molar-refractivity contribution in [2.24, 2.45) is 0 Å². The average molecular weight is 190 g/mol. The monoisotopic (exact) mass is 190 g/mol. The third-order valence-electron chi connectivity index (χ3n) is 1.33. The maximum Gasteiger partial charge on any atom is 0.434 e. The minimum Gasteiger partial charge on any atom is -0.298 e. The second-order valence-electron chi connectivity index (χ2n) is 2.34. The van der Waals surface area contributed by atoms with E-state index in [-0.39, 0.29) is 12.1 Å². The van der Waals surface area contributed by atoms with E-state index in [4.69, 9.17) is 0 Å². The summed E-state index contributed by atoms with van der Waals surface area (Å²) < 4.78 is 36.5. The zero-order valence-electron chi connectivity index (χ0n) is 6.59. The highest BCUT2D eigenvalue weighted by Crippen LogP contribution is 2.29. The standard InChI is InChI=1S/C7H5F3N2O/c1-4-11-2-5(3-13)6(12-4)7(8,9)10/h2-3H,1H3. The number of hydrogen-bond acceptors (Lipinski definition) is 3. The second-order valence-corrected chi connectivity index (χ2v) is 2.34. The van der Waals surface area contributed by atoms with Gasteiger partial charge in [-0.2, -0.15) is 13.2 Å². The Morgan fingerprint density at radius 1 is 1.46 bits per heavy atom. The molecule has 1 aromatic heterocycles. The minimum absolute atomic E-state index is 0.0158. The number of halogens is 3. The summed E-state index contributed by atoms with van der Waals surface area (Å²) in [5.41, 5.74) is -1.73. The lowest BCUT2D eigenvalue weighted by Gasteiger charge is -2.07. The van der Waals surface area contributed by atoms with Gasteiger partial charge in [0, 0.05) is 6.20 Å². The van der Waals surface area contributed by atoms with Crippen LogP contribution in [0.5, 0.6) is 0 Å². The maximum absolute atomic E-state index is 12.2. The normalized spacial score (nSPS) is 11.4. The summed E-state index contributed by atoms with van der Waals surface area (Å²) in [6.07, 6.45) is -3.66. The van der Waals surface area contributed by atoms with Crippen LogP contribution in [0.15, 0.2) is 6.20 Å². The van der Waals surface area contributed by atoms with E-state index in [2.05, 4.69) is 9.97 Å². The molecule has 0 spiro atoms. The fraction of sp³-hybridized carbons (Fsp3) is 0.286. The van der Waals surface area contributed by atoms with Gasteiger partial charge in [-0.1, -0.05) is 0 Å². The predicted octanol–water partition coefficient (Wildman–Crippen LogP) is 1.62. The molecule has 3 nitrogen and oxygen atoms in total. The molecule has 0 atom stereocenters. The second kappa shape index (κ2) is 3.12. The fourth-order valence-corrected chi connectivity index (χ4v) is 0.793. The lowest BCUT2D eigenvalue weighted by Crippen LogP contribution is -2.13. The van der Waals surface area contributed by atoms with E-state index in [1.807, 2.05) is 0 Å². The molecule has 6 heteroatoms. The highest BCUT2D eigenvalue weighted by Gasteiger charge is 2.35. The summed E-state index contributed by atoms with van der Waals surface area (Å²) in [5, 5.41) is 0. The summed E-state index contributed by atoms with van der Waals surface area (Å²) in [7, 11) is 0. The molecule has 0 fully saturated rings. The fourth-order valence-electron chi connectivity index (χ4n) is 0.793. The number of carbonyl (C=O) groups excluding carboxylic acids is 1. The largest absolute Gasteiger partial charge is 0.434 e. The van der Waals surface area contributed by atoms with Crippen molar-refractivity contribution >= 4 is 6.29 Å². The molecular formula is C7H5F3N2O. The van der Waals surface area contributed by atoms with Crippen molar-refractivity contribution in [1.29, 1.82) is 0 Å². The van der Waals surface area contributed by atoms with Crippen molar-refractivity contribution in [1.82, 2.24) is 9.97 Å². The van der Waals surface area contributed by atoms with Gasteiger partial charge in [-0.05, 0) is 6.92 Å². The molecule has 0 saturated carbocycles. The van der Waals surface area contributed by atoms with Gasteiger partial charge in [0.05, 0.1) is 5.56 Å². The number of aryl methyl sites for hydroxylation is 1. The molecule has 1 rings (SSSR count). The first-order valence-corrected chi connectivity index (χ1v) is 3.31. The van der Waals surface area contributed by atoms with Gasteiger partial charge in [-0.15, -0.1) is 0 Å². The number of nitrogens with zero attached hydrogens (tertiary/aromatic N) is 2. The zero-order valence-corrected chi connectivity index (χ0v) is 6.59.